The topological polar surface area (TPSA) is 28.5 Å². The van der Waals surface area contributed by atoms with E-state index < -0.39 is 0 Å². The quantitative estimate of drug-likeness (QED) is 0.232. The molecule has 40 valence electrons. The van der Waals surface area contributed by atoms with Gasteiger partial charge in [-0.1, -0.05) is 0 Å². The van der Waals surface area contributed by atoms with Crippen LogP contribution in [0.5, 0.6) is 0 Å². The Morgan fingerprint density at radius 2 is 0.273 bits per heavy atom. The van der Waals surface area contributed by atoms with Gasteiger partial charge in [-0.3, -0.25) is 0 Å². The molecule has 0 saturated heterocycles. The minimum atomic E-state index is 0. The Hall–Kier alpha value is 13.4. The molecule has 11 heavy (non-hydrogen) atoms. The van der Waals surface area contributed by atoms with Crippen LogP contribution in [-0.4, -0.2) is 0 Å². The predicted octanol–water partition coefficient (Wildman–Crippen LogP) is -30.1. The second-order valence-electron chi connectivity index (χ2n) is 0. The molecule has 0 unspecified atom stereocenters. The van der Waals surface area contributed by atoms with Crippen molar-refractivity contribution in [3.05, 3.63) is 0 Å². The monoisotopic (exact) mass is 953 g/mol. The van der Waals surface area contributed by atoms with Gasteiger partial charge < -0.3 is 55.1 Å². The van der Waals surface area contributed by atoms with Gasteiger partial charge in [0.25, 0.3) is 0 Å². The summed E-state index contributed by atoms with van der Waals surface area (Å²) in [6.07, 6.45) is 0. The van der Waals surface area contributed by atoms with Crippen molar-refractivity contribution in [1.82, 2.24) is 0 Å². The molecule has 0 aliphatic rings. The van der Waals surface area contributed by atoms with E-state index in [9.17, 15) is 0 Å². The van der Waals surface area contributed by atoms with Gasteiger partial charge in [0.05, 0.1) is 0 Å². The zero-order valence-electron chi connectivity index (χ0n) is 7.92. The summed E-state index contributed by atoms with van der Waals surface area (Å²) in [6, 6.07) is 0. The minimum absolute atomic E-state index is 0. The van der Waals surface area contributed by atoms with Crippen molar-refractivity contribution >= 4 is 0 Å². The van der Waals surface area contributed by atoms with Crippen LogP contribution >= 0.6 is 0 Å². The third-order valence-corrected chi connectivity index (χ3v) is 0. The summed E-state index contributed by atoms with van der Waals surface area (Å²) in [5.41, 5.74) is 0. The van der Waals surface area contributed by atoms with E-state index in [0.717, 1.165) is 0 Å². The fraction of sp³-hybridized carbons (Fsp3) is 0. The van der Waals surface area contributed by atoms with Gasteiger partial charge in [-0.05, 0) is 0 Å². The first-order valence-corrected chi connectivity index (χ1v) is 0. The average Bonchev–Trinajstić information content (AvgIpc) is 0. The average molecular weight is 955 g/mol. The summed E-state index contributed by atoms with van der Waals surface area (Å²) >= 11 is 0. The van der Waals surface area contributed by atoms with Crippen molar-refractivity contribution in [2.75, 3.05) is 0 Å². The standard InChI is InChI=1S/4ClH.6Cs.O/h4*1H;;;;;;;/q;;;;6*+1;-2/p-4. The summed E-state index contributed by atoms with van der Waals surface area (Å²) in [5, 5.41) is 0. The molecule has 0 spiro atoms. The molecule has 0 radical (unpaired) electrons. The van der Waals surface area contributed by atoms with Crippen molar-refractivity contribution in [3.63, 3.8) is 0 Å². The largest absolute Gasteiger partial charge is 2.00 e. The van der Waals surface area contributed by atoms with E-state index in [0.29, 0.717) is 0 Å². The number of rotatable bonds is 0. The zero-order chi connectivity index (χ0) is 0. The van der Waals surface area contributed by atoms with Crippen molar-refractivity contribution in [3.8, 4) is 0 Å². The molecule has 1 nitrogen and oxygen atoms in total. The van der Waals surface area contributed by atoms with Crippen molar-refractivity contribution in [2.24, 2.45) is 0 Å². The Bertz CT molecular complexity index is 14.5. The predicted molar refractivity (Wildman–Crippen MR) is 0.686 cm³/mol. The first-order chi connectivity index (χ1) is 0. The van der Waals surface area contributed by atoms with Crippen LogP contribution in [0.1, 0.15) is 0 Å². The first-order valence-electron chi connectivity index (χ1n) is 0. The van der Waals surface area contributed by atoms with Crippen LogP contribution in [0.4, 0.5) is 0 Å². The molecule has 0 fully saturated rings. The molecular weight excluding hydrogens is 955 g/mol. The maximum absolute atomic E-state index is 0. The fourth-order valence-corrected chi connectivity index (χ4v) is 0. The van der Waals surface area contributed by atoms with Crippen LogP contribution in [0.3, 0.4) is 0 Å². The molecule has 11 heteroatoms. The fourth-order valence-electron chi connectivity index (χ4n) is 0. The van der Waals surface area contributed by atoms with Gasteiger partial charge in [-0.25, -0.2) is 0 Å². The first kappa shape index (κ1) is 74.4. The van der Waals surface area contributed by atoms with E-state index in [2.05, 4.69) is 0 Å². The molecule has 0 aromatic carbocycles. The summed E-state index contributed by atoms with van der Waals surface area (Å²) in [7, 11) is 0. The van der Waals surface area contributed by atoms with Gasteiger partial charge >= 0.3 is 413 Å². The SMILES string of the molecule is [Cl-].[Cl-].[Cl-].[Cl-].[Cs+].[Cs+].[Cs+].[Cs+].[Cs+].[Cs+].[O-2]. The molecule has 0 bridgehead atoms. The molecule has 0 rings (SSSR count). The second kappa shape index (κ2) is 65.4. The normalized spacial score (nSPS) is 0. The van der Waals surface area contributed by atoms with Crippen LogP contribution in [0.2, 0.25) is 0 Å². The molecule has 0 aromatic rings. The minimum Gasteiger partial charge on any atom is -2.00 e. The number of hydrogen-bond acceptors (Lipinski definition) is 0. The van der Waals surface area contributed by atoms with Crippen molar-refractivity contribution in [1.29, 1.82) is 0 Å². The Morgan fingerprint density at radius 3 is 0.273 bits per heavy atom. The Labute approximate surface area is 447 Å². The Kier molecular flexibility index (Phi) is 442. The summed E-state index contributed by atoms with van der Waals surface area (Å²) in [6.45, 7) is 0. The molecule has 0 saturated carbocycles. The molecule has 0 amide bonds. The molecule has 0 atom stereocenters. The maximum atomic E-state index is 0. The van der Waals surface area contributed by atoms with E-state index in [4.69, 9.17) is 0 Å². The smallest absolute Gasteiger partial charge is 1.00 e. The van der Waals surface area contributed by atoms with E-state index >= 15 is 0 Å². The second-order valence-corrected chi connectivity index (χ2v) is 0. The molecule has 0 aromatic heterocycles. The molecule has 0 heterocycles. The summed E-state index contributed by atoms with van der Waals surface area (Å²) in [4.78, 5) is 0. The van der Waals surface area contributed by atoms with E-state index in [1.807, 2.05) is 0 Å². The van der Waals surface area contributed by atoms with Gasteiger partial charge in [0.1, 0.15) is 0 Å². The zero-order valence-corrected chi connectivity index (χ0v) is 48.6. The Morgan fingerprint density at radius 1 is 0.273 bits per heavy atom. The third-order valence-electron chi connectivity index (χ3n) is 0. The third kappa shape index (κ3) is 59.7. The molecule has 0 aliphatic carbocycles. The van der Waals surface area contributed by atoms with Gasteiger partial charge in [0.2, 0.25) is 0 Å². The van der Waals surface area contributed by atoms with Crippen LogP contribution in [0, 0.1) is 0 Å². The van der Waals surface area contributed by atoms with Gasteiger partial charge in [-0.15, -0.1) is 0 Å². The van der Waals surface area contributed by atoms with Gasteiger partial charge in [0, 0.05) is 0 Å². The molecule has 0 aliphatic heterocycles. The molecule has 0 N–H and O–H groups in total. The van der Waals surface area contributed by atoms with Crippen molar-refractivity contribution < 1.29 is 468 Å². The summed E-state index contributed by atoms with van der Waals surface area (Å²) < 4.78 is 0. The molecular formula is Cl4Cs6O. The Balaban J connectivity index is 0. The van der Waals surface area contributed by atoms with Crippen molar-refractivity contribution in [2.45, 2.75) is 0 Å². The van der Waals surface area contributed by atoms with Gasteiger partial charge in [-0.2, -0.15) is 0 Å². The maximum Gasteiger partial charge on any atom is 1.00 e. The van der Waals surface area contributed by atoms with E-state index in [1.54, 1.807) is 0 Å². The number of halogens is 4. The summed E-state index contributed by atoms with van der Waals surface area (Å²) in [5.74, 6) is 0. The van der Waals surface area contributed by atoms with E-state index in [-0.39, 0.29) is 468 Å². The van der Waals surface area contributed by atoms with Gasteiger partial charge in [0.15, 0.2) is 0 Å². The van der Waals surface area contributed by atoms with Crippen LogP contribution in [0.25, 0.3) is 0 Å². The van der Waals surface area contributed by atoms with E-state index in [1.165, 1.54) is 0 Å². The van der Waals surface area contributed by atoms with Crippen LogP contribution in [0.15, 0.2) is 0 Å². The van der Waals surface area contributed by atoms with Crippen LogP contribution < -0.4 is 463 Å². The van der Waals surface area contributed by atoms with Crippen LogP contribution in [-0.2, 0) is 5.48 Å². The number of hydrogen-bond donors (Lipinski definition) is 0.